The number of hydrogen-bond acceptors (Lipinski definition) is 5. The second-order valence-corrected chi connectivity index (χ2v) is 5.87. The minimum Gasteiger partial charge on any atom is -0.344 e. The van der Waals surface area contributed by atoms with Crippen LogP contribution in [0.5, 0.6) is 0 Å². The van der Waals surface area contributed by atoms with Crippen molar-refractivity contribution in [1.29, 1.82) is 0 Å². The van der Waals surface area contributed by atoms with Gasteiger partial charge in [-0.15, -0.1) is 5.10 Å². The molecule has 0 bridgehead atoms. The average molecular weight is 318 g/mol. The zero-order valence-corrected chi connectivity index (χ0v) is 12.1. The number of aromatic nitrogens is 4. The van der Waals surface area contributed by atoms with E-state index in [0.29, 0.717) is 6.54 Å². The maximum Gasteiger partial charge on any atom is 0.408 e. The van der Waals surface area contributed by atoms with Gasteiger partial charge in [-0.25, -0.2) is 4.68 Å². The third-order valence-corrected chi connectivity index (χ3v) is 4.33. The molecule has 0 spiro atoms. The number of piperidine rings is 1. The Bertz CT molecular complexity index is 559. The van der Waals surface area contributed by atoms with Crippen molar-refractivity contribution in [2.75, 3.05) is 20.1 Å². The lowest BCUT2D eigenvalue weighted by atomic mass is 9.91. The number of alkyl halides is 3. The van der Waals surface area contributed by atoms with E-state index in [2.05, 4.69) is 15.5 Å². The fourth-order valence-corrected chi connectivity index (χ4v) is 3.32. The van der Waals surface area contributed by atoms with E-state index in [0.717, 1.165) is 24.1 Å². The molecule has 2 fully saturated rings. The van der Waals surface area contributed by atoms with Crippen LogP contribution in [0.25, 0.3) is 0 Å². The van der Waals surface area contributed by atoms with Gasteiger partial charge in [-0.2, -0.15) is 13.2 Å². The van der Waals surface area contributed by atoms with E-state index >= 15 is 0 Å². The highest BCUT2D eigenvalue weighted by atomic mass is 19.4. The monoisotopic (exact) mass is 318 g/mol. The summed E-state index contributed by atoms with van der Waals surface area (Å²) >= 11 is 0. The highest BCUT2D eigenvalue weighted by Gasteiger charge is 2.44. The van der Waals surface area contributed by atoms with Crippen LogP contribution in [-0.2, 0) is 17.9 Å². The molecule has 10 heteroatoms. The van der Waals surface area contributed by atoms with Gasteiger partial charge in [-0.1, -0.05) is 0 Å². The van der Waals surface area contributed by atoms with E-state index in [-0.39, 0.29) is 30.2 Å². The molecule has 1 amide bonds. The van der Waals surface area contributed by atoms with Crippen LogP contribution in [0.1, 0.15) is 18.7 Å². The molecule has 7 nitrogen and oxygen atoms in total. The van der Waals surface area contributed by atoms with Crippen molar-refractivity contribution < 1.29 is 18.0 Å². The summed E-state index contributed by atoms with van der Waals surface area (Å²) in [7, 11) is 1.76. The lowest BCUT2D eigenvalue weighted by molar-refractivity contribution is -0.143. The highest BCUT2D eigenvalue weighted by Crippen LogP contribution is 2.31. The van der Waals surface area contributed by atoms with Crippen molar-refractivity contribution in [3.63, 3.8) is 0 Å². The Morgan fingerprint density at radius 3 is 2.86 bits per heavy atom. The van der Waals surface area contributed by atoms with Gasteiger partial charge in [0.2, 0.25) is 5.91 Å². The summed E-state index contributed by atoms with van der Waals surface area (Å²) in [5.41, 5.74) is 0. The Morgan fingerprint density at radius 2 is 2.14 bits per heavy atom. The summed E-state index contributed by atoms with van der Waals surface area (Å²) < 4.78 is 38.3. The minimum atomic E-state index is -4.36. The molecule has 22 heavy (non-hydrogen) atoms. The summed E-state index contributed by atoms with van der Waals surface area (Å²) in [5.74, 6) is 0.232. The molecular formula is C12H17F3N6O. The van der Waals surface area contributed by atoms with Crippen LogP contribution in [0.15, 0.2) is 0 Å². The lowest BCUT2D eigenvalue weighted by Crippen LogP contribution is -2.45. The number of likely N-dealkylation sites (N-methyl/N-ethyl adjacent to an activating group) is 1. The molecule has 1 aromatic heterocycles. The molecule has 0 saturated carbocycles. The molecule has 122 valence electrons. The summed E-state index contributed by atoms with van der Waals surface area (Å²) in [6, 6.07) is 0.0299. The summed E-state index contributed by atoms with van der Waals surface area (Å²) in [6.45, 7) is 0.368. The number of carbonyl (C=O) groups excluding carboxylic acids is 1. The molecule has 0 radical (unpaired) electrons. The zero-order chi connectivity index (χ0) is 15.9. The summed E-state index contributed by atoms with van der Waals surface area (Å²) in [4.78, 5) is 15.8. The molecule has 0 aromatic carbocycles. The molecule has 0 aliphatic carbocycles. The maximum absolute atomic E-state index is 12.5. The molecule has 3 rings (SSSR count). The van der Waals surface area contributed by atoms with Gasteiger partial charge in [0.15, 0.2) is 5.82 Å². The first kappa shape index (κ1) is 15.2. The number of rotatable bonds is 3. The van der Waals surface area contributed by atoms with E-state index in [1.807, 2.05) is 4.90 Å². The minimum absolute atomic E-state index is 0.0299. The van der Waals surface area contributed by atoms with Crippen LogP contribution in [0.2, 0.25) is 0 Å². The predicted molar refractivity (Wildman–Crippen MR) is 68.4 cm³/mol. The van der Waals surface area contributed by atoms with Crippen molar-refractivity contribution in [1.82, 2.24) is 30.0 Å². The first-order chi connectivity index (χ1) is 10.3. The van der Waals surface area contributed by atoms with E-state index in [1.54, 1.807) is 11.9 Å². The van der Waals surface area contributed by atoms with Gasteiger partial charge in [0.05, 0.1) is 12.5 Å². The molecule has 2 saturated heterocycles. The normalized spacial score (nSPS) is 26.5. The maximum atomic E-state index is 12.5. The van der Waals surface area contributed by atoms with E-state index in [4.69, 9.17) is 0 Å². The lowest BCUT2D eigenvalue weighted by Gasteiger charge is -2.35. The van der Waals surface area contributed by atoms with Crippen molar-refractivity contribution in [2.24, 2.45) is 5.92 Å². The van der Waals surface area contributed by atoms with Gasteiger partial charge in [0.1, 0.15) is 6.54 Å². The predicted octanol–water partition coefficient (Wildman–Crippen LogP) is 0.288. The Morgan fingerprint density at radius 1 is 1.36 bits per heavy atom. The molecule has 1 aromatic rings. The molecule has 2 atom stereocenters. The van der Waals surface area contributed by atoms with Crippen LogP contribution in [-0.4, -0.2) is 68.3 Å². The smallest absolute Gasteiger partial charge is 0.344 e. The number of likely N-dealkylation sites (tertiary alicyclic amines) is 2. The Balaban J connectivity index is 1.73. The third-order valence-electron chi connectivity index (χ3n) is 4.33. The van der Waals surface area contributed by atoms with Crippen molar-refractivity contribution in [3.8, 4) is 0 Å². The van der Waals surface area contributed by atoms with Gasteiger partial charge >= 0.3 is 6.18 Å². The Kier molecular flexibility index (Phi) is 3.79. The van der Waals surface area contributed by atoms with Crippen LogP contribution in [0, 0.1) is 5.92 Å². The van der Waals surface area contributed by atoms with E-state index in [1.165, 1.54) is 0 Å². The number of amides is 1. The molecule has 0 N–H and O–H groups in total. The number of nitrogens with zero attached hydrogens (tertiary/aromatic N) is 6. The van der Waals surface area contributed by atoms with E-state index in [9.17, 15) is 18.0 Å². The van der Waals surface area contributed by atoms with Crippen LogP contribution >= 0.6 is 0 Å². The summed E-state index contributed by atoms with van der Waals surface area (Å²) in [5, 5.41) is 10.5. The SMILES string of the molecule is CN1C[C@@H]2[C@@H](CCCN2Cc2nnnn2CC(F)(F)F)C1=O. The Labute approximate surface area is 125 Å². The van der Waals surface area contributed by atoms with Crippen molar-refractivity contribution >= 4 is 5.91 Å². The first-order valence-electron chi connectivity index (χ1n) is 7.16. The van der Waals surface area contributed by atoms with Crippen LogP contribution in [0.4, 0.5) is 13.2 Å². The standard InChI is InChI=1S/C12H17F3N6O/c1-19-5-9-8(11(19)22)3-2-4-20(9)6-10-16-17-18-21(10)7-12(13,14)15/h8-9H,2-7H2,1H3/t8-,9-/m1/s1. The van der Waals surface area contributed by atoms with Crippen LogP contribution < -0.4 is 0 Å². The first-order valence-corrected chi connectivity index (χ1v) is 7.16. The van der Waals surface area contributed by atoms with Crippen molar-refractivity contribution in [2.45, 2.75) is 38.1 Å². The third kappa shape index (κ3) is 2.92. The number of tetrazole rings is 1. The molecule has 3 heterocycles. The number of halogens is 3. The van der Waals surface area contributed by atoms with Gasteiger partial charge in [0.25, 0.3) is 0 Å². The van der Waals surface area contributed by atoms with Gasteiger partial charge in [-0.3, -0.25) is 9.69 Å². The topological polar surface area (TPSA) is 67.2 Å². The second kappa shape index (κ2) is 5.49. The largest absolute Gasteiger partial charge is 0.408 e. The van der Waals surface area contributed by atoms with E-state index < -0.39 is 12.7 Å². The van der Waals surface area contributed by atoms with Gasteiger partial charge in [-0.05, 0) is 29.8 Å². The fourth-order valence-electron chi connectivity index (χ4n) is 3.32. The molecule has 2 aliphatic rings. The molecular weight excluding hydrogens is 301 g/mol. The van der Waals surface area contributed by atoms with Crippen LogP contribution in [0.3, 0.4) is 0 Å². The number of fused-ring (bicyclic) bond motifs is 1. The summed E-state index contributed by atoms with van der Waals surface area (Å²) in [6.07, 6.45) is -2.68. The van der Waals surface area contributed by atoms with Gasteiger partial charge in [0, 0.05) is 19.6 Å². The van der Waals surface area contributed by atoms with Crippen molar-refractivity contribution in [3.05, 3.63) is 5.82 Å². The van der Waals surface area contributed by atoms with Gasteiger partial charge < -0.3 is 4.90 Å². The number of carbonyl (C=O) groups is 1. The average Bonchev–Trinajstić information content (AvgIpc) is 2.96. The zero-order valence-electron chi connectivity index (χ0n) is 12.1. The second-order valence-electron chi connectivity index (χ2n) is 5.87. The number of hydrogen-bond donors (Lipinski definition) is 0. The Hall–Kier alpha value is -1.71. The highest BCUT2D eigenvalue weighted by molar-refractivity contribution is 5.81. The molecule has 0 unspecified atom stereocenters. The fraction of sp³-hybridized carbons (Fsp3) is 0.833. The quantitative estimate of drug-likeness (QED) is 0.801. The molecule has 2 aliphatic heterocycles.